The molecular formula is C25H23F3N2O2. The summed E-state index contributed by atoms with van der Waals surface area (Å²) in [4.78, 5) is 12.4. The fourth-order valence-electron chi connectivity index (χ4n) is 3.46. The Morgan fingerprint density at radius 2 is 1.84 bits per heavy atom. The van der Waals surface area contributed by atoms with Crippen molar-refractivity contribution in [3.05, 3.63) is 76.5 Å². The Morgan fingerprint density at radius 1 is 1.16 bits per heavy atom. The number of carbonyl (C=O) groups excluding carboxylic acids is 1. The molecule has 166 valence electrons. The average Bonchev–Trinajstić information content (AvgIpc) is 3.01. The van der Waals surface area contributed by atoms with Gasteiger partial charge in [0, 0.05) is 29.2 Å². The van der Waals surface area contributed by atoms with Crippen LogP contribution in [0.4, 0.5) is 13.2 Å². The molecule has 0 radical (unpaired) electrons. The van der Waals surface area contributed by atoms with Crippen molar-refractivity contribution in [1.29, 1.82) is 5.26 Å². The zero-order valence-electron chi connectivity index (χ0n) is 18.2. The summed E-state index contributed by atoms with van der Waals surface area (Å²) in [5, 5.41) is 10.2. The third-order valence-corrected chi connectivity index (χ3v) is 4.68. The third-order valence-electron chi connectivity index (χ3n) is 4.68. The van der Waals surface area contributed by atoms with Gasteiger partial charge in [-0.3, -0.25) is 0 Å². The first-order valence-electron chi connectivity index (χ1n) is 9.98. The number of hydrogen-bond acceptors (Lipinski definition) is 3. The molecule has 0 amide bonds. The lowest BCUT2D eigenvalue weighted by atomic mass is 10.1. The van der Waals surface area contributed by atoms with Crippen molar-refractivity contribution in [2.24, 2.45) is 0 Å². The van der Waals surface area contributed by atoms with Gasteiger partial charge in [0.25, 0.3) is 0 Å². The van der Waals surface area contributed by atoms with E-state index in [1.807, 2.05) is 30.3 Å². The van der Waals surface area contributed by atoms with E-state index < -0.39 is 23.3 Å². The molecule has 4 nitrogen and oxygen atoms in total. The first-order chi connectivity index (χ1) is 14.9. The van der Waals surface area contributed by atoms with Crippen LogP contribution in [-0.4, -0.2) is 16.1 Å². The third kappa shape index (κ3) is 5.38. The number of fused-ring (bicyclic) bond motifs is 1. The van der Waals surface area contributed by atoms with E-state index in [0.717, 1.165) is 23.0 Å². The molecule has 0 saturated heterocycles. The van der Waals surface area contributed by atoms with E-state index in [9.17, 15) is 23.2 Å². The number of nitrogens with zero attached hydrogens (tertiary/aromatic N) is 2. The van der Waals surface area contributed by atoms with Crippen molar-refractivity contribution in [1.82, 2.24) is 4.57 Å². The predicted molar refractivity (Wildman–Crippen MR) is 117 cm³/mol. The van der Waals surface area contributed by atoms with Gasteiger partial charge in [-0.1, -0.05) is 29.8 Å². The van der Waals surface area contributed by atoms with Gasteiger partial charge in [-0.2, -0.15) is 18.4 Å². The number of ether oxygens (including phenoxy) is 1. The summed E-state index contributed by atoms with van der Waals surface area (Å²) >= 11 is 0. The summed E-state index contributed by atoms with van der Waals surface area (Å²) in [5.74, 6) is -0.731. The highest BCUT2D eigenvalue weighted by Crippen LogP contribution is 2.31. The number of esters is 1. The van der Waals surface area contributed by atoms with Crippen LogP contribution in [-0.2, 0) is 22.3 Å². The summed E-state index contributed by atoms with van der Waals surface area (Å²) in [6.07, 6.45) is -1.26. The number of nitriles is 1. The van der Waals surface area contributed by atoms with Crippen LogP contribution >= 0.6 is 0 Å². The molecule has 0 atom stereocenters. The topological polar surface area (TPSA) is 55.0 Å². The zero-order valence-corrected chi connectivity index (χ0v) is 18.2. The highest BCUT2D eigenvalue weighted by Gasteiger charge is 2.31. The largest absolute Gasteiger partial charge is 0.456 e. The van der Waals surface area contributed by atoms with Gasteiger partial charge in [0.1, 0.15) is 17.2 Å². The van der Waals surface area contributed by atoms with Gasteiger partial charge in [0.15, 0.2) is 0 Å². The normalized spacial score (nSPS) is 12.6. The summed E-state index contributed by atoms with van der Waals surface area (Å²) in [6.45, 7) is 6.96. The number of rotatable bonds is 4. The van der Waals surface area contributed by atoms with E-state index in [1.54, 1.807) is 44.5 Å². The summed E-state index contributed by atoms with van der Waals surface area (Å²) in [5.41, 5.74) is 0.799. The Kier molecular flexibility index (Phi) is 6.18. The SMILES string of the molecule is Cc1cc(Cn2cc(/C=C(\C#N)C(=O)OC(C)(C)C)c3ccccc32)cc(C(F)(F)F)c1. The van der Waals surface area contributed by atoms with Gasteiger partial charge < -0.3 is 9.30 Å². The average molecular weight is 440 g/mol. The smallest absolute Gasteiger partial charge is 0.416 e. The van der Waals surface area contributed by atoms with Crippen molar-refractivity contribution >= 4 is 22.9 Å². The number of alkyl halides is 3. The van der Waals surface area contributed by atoms with Crippen LogP contribution in [0.15, 0.2) is 54.2 Å². The maximum absolute atomic E-state index is 13.2. The Morgan fingerprint density at radius 3 is 2.47 bits per heavy atom. The van der Waals surface area contributed by atoms with Crippen molar-refractivity contribution in [3.63, 3.8) is 0 Å². The summed E-state index contributed by atoms with van der Waals surface area (Å²) < 4.78 is 46.8. The number of aromatic nitrogens is 1. The molecule has 0 unspecified atom stereocenters. The van der Waals surface area contributed by atoms with Crippen LogP contribution in [0.5, 0.6) is 0 Å². The molecule has 0 saturated carbocycles. The second-order valence-electron chi connectivity index (χ2n) is 8.61. The van der Waals surface area contributed by atoms with E-state index in [2.05, 4.69) is 0 Å². The van der Waals surface area contributed by atoms with Crippen LogP contribution in [0.2, 0.25) is 0 Å². The molecule has 0 N–H and O–H groups in total. The molecule has 1 heterocycles. The molecule has 0 spiro atoms. The molecular weight excluding hydrogens is 417 g/mol. The van der Waals surface area contributed by atoms with E-state index >= 15 is 0 Å². The first kappa shape index (κ1) is 23.1. The van der Waals surface area contributed by atoms with Crippen LogP contribution < -0.4 is 0 Å². The van der Waals surface area contributed by atoms with Crippen molar-refractivity contribution in [2.75, 3.05) is 0 Å². The standard InChI is InChI=1S/C25H23F3N2O2/c1-16-9-17(11-20(10-16)25(26,27)28)14-30-15-19(21-7-5-6-8-22(21)30)12-18(13-29)23(31)32-24(2,3)4/h5-12,15H,14H2,1-4H3/b18-12+. The fraction of sp³-hybridized carbons (Fsp3) is 0.280. The molecule has 0 aliphatic rings. The summed E-state index contributed by atoms with van der Waals surface area (Å²) in [7, 11) is 0. The molecule has 2 aromatic carbocycles. The van der Waals surface area contributed by atoms with Crippen LogP contribution in [0, 0.1) is 18.3 Å². The molecule has 32 heavy (non-hydrogen) atoms. The predicted octanol–water partition coefficient (Wildman–Crippen LogP) is 6.27. The number of carbonyl (C=O) groups is 1. The highest BCUT2D eigenvalue weighted by atomic mass is 19.4. The molecule has 0 aliphatic heterocycles. The molecule has 3 rings (SSSR count). The van der Waals surface area contributed by atoms with Crippen LogP contribution in [0.3, 0.4) is 0 Å². The molecule has 0 bridgehead atoms. The van der Waals surface area contributed by atoms with Gasteiger partial charge >= 0.3 is 12.1 Å². The van der Waals surface area contributed by atoms with Crippen LogP contribution in [0.25, 0.3) is 17.0 Å². The maximum Gasteiger partial charge on any atom is 0.416 e. The lowest BCUT2D eigenvalue weighted by Gasteiger charge is -2.18. The second kappa shape index (κ2) is 8.54. The number of benzene rings is 2. The van der Waals surface area contributed by atoms with E-state index in [0.29, 0.717) is 16.7 Å². The minimum atomic E-state index is -4.43. The monoisotopic (exact) mass is 440 g/mol. The zero-order chi connectivity index (χ0) is 23.7. The van der Waals surface area contributed by atoms with Crippen molar-refractivity contribution < 1.29 is 22.7 Å². The Hall–Kier alpha value is -3.53. The maximum atomic E-state index is 13.2. The highest BCUT2D eigenvalue weighted by molar-refractivity contribution is 6.01. The number of hydrogen-bond donors (Lipinski definition) is 0. The van der Waals surface area contributed by atoms with Gasteiger partial charge in [-0.05, 0) is 57.5 Å². The van der Waals surface area contributed by atoms with Gasteiger partial charge in [0.05, 0.1) is 5.56 Å². The molecule has 7 heteroatoms. The van der Waals surface area contributed by atoms with E-state index in [1.165, 1.54) is 6.08 Å². The second-order valence-corrected chi connectivity index (χ2v) is 8.61. The quantitative estimate of drug-likeness (QED) is 0.273. The van der Waals surface area contributed by atoms with E-state index in [-0.39, 0.29) is 12.1 Å². The van der Waals surface area contributed by atoms with Crippen LogP contribution in [0.1, 0.15) is 43.0 Å². The number of aryl methyl sites for hydroxylation is 1. The van der Waals surface area contributed by atoms with Crippen molar-refractivity contribution in [2.45, 2.75) is 46.0 Å². The fourth-order valence-corrected chi connectivity index (χ4v) is 3.46. The first-order valence-corrected chi connectivity index (χ1v) is 9.98. The Bertz CT molecular complexity index is 1240. The molecule has 3 aromatic rings. The lowest BCUT2D eigenvalue weighted by molar-refractivity contribution is -0.149. The van der Waals surface area contributed by atoms with Gasteiger partial charge in [-0.15, -0.1) is 0 Å². The molecule has 0 fully saturated rings. The Balaban J connectivity index is 2.05. The number of halogens is 3. The van der Waals surface area contributed by atoms with Gasteiger partial charge in [-0.25, -0.2) is 4.79 Å². The molecule has 0 aliphatic carbocycles. The number of para-hydroxylation sites is 1. The Labute approximate surface area is 184 Å². The minimum Gasteiger partial charge on any atom is -0.456 e. The molecule has 1 aromatic heterocycles. The van der Waals surface area contributed by atoms with Gasteiger partial charge in [0.2, 0.25) is 0 Å². The van der Waals surface area contributed by atoms with E-state index in [4.69, 9.17) is 4.74 Å². The summed E-state index contributed by atoms with van der Waals surface area (Å²) in [6, 6.07) is 13.2. The minimum absolute atomic E-state index is 0.155. The van der Waals surface area contributed by atoms with Crippen molar-refractivity contribution in [3.8, 4) is 6.07 Å². The lowest BCUT2D eigenvalue weighted by Crippen LogP contribution is -2.24.